The number of rotatable bonds is 7. The van der Waals surface area contributed by atoms with Gasteiger partial charge in [-0.15, -0.1) is 0 Å². The molecule has 0 unspecified atom stereocenters. The standard InChI is InChI=1S/C16H16BrNO4/c17-13-5-1-4-12(10-13)11-22-15(19)7-2-8-18-16(20)14-6-3-9-21-14/h1,3-6,9-10H,2,7-8,11H2,(H,18,20). The van der Waals surface area contributed by atoms with Crippen LogP contribution in [-0.4, -0.2) is 18.4 Å². The Kier molecular flexibility index (Phi) is 6.21. The van der Waals surface area contributed by atoms with Crippen LogP contribution < -0.4 is 5.32 Å². The van der Waals surface area contributed by atoms with Gasteiger partial charge in [-0.3, -0.25) is 9.59 Å². The van der Waals surface area contributed by atoms with E-state index in [9.17, 15) is 9.59 Å². The van der Waals surface area contributed by atoms with Gasteiger partial charge in [-0.2, -0.15) is 0 Å². The Labute approximate surface area is 136 Å². The predicted molar refractivity (Wildman–Crippen MR) is 84.2 cm³/mol. The second-order valence-corrected chi connectivity index (χ2v) is 5.54. The van der Waals surface area contributed by atoms with Gasteiger partial charge in [0.2, 0.25) is 0 Å². The molecule has 0 fully saturated rings. The first-order chi connectivity index (χ1) is 10.6. The van der Waals surface area contributed by atoms with Gasteiger partial charge in [-0.05, 0) is 36.2 Å². The van der Waals surface area contributed by atoms with Crippen LogP contribution >= 0.6 is 15.9 Å². The number of hydrogen-bond acceptors (Lipinski definition) is 4. The molecular weight excluding hydrogens is 350 g/mol. The third kappa shape index (κ3) is 5.37. The summed E-state index contributed by atoms with van der Waals surface area (Å²) in [5.74, 6) is -0.308. The monoisotopic (exact) mass is 365 g/mol. The quantitative estimate of drug-likeness (QED) is 0.603. The average molecular weight is 366 g/mol. The maximum absolute atomic E-state index is 11.6. The summed E-state index contributed by atoms with van der Waals surface area (Å²) in [6.07, 6.45) is 2.21. The molecule has 1 aromatic carbocycles. The summed E-state index contributed by atoms with van der Waals surface area (Å²) in [6.45, 7) is 0.641. The number of halogens is 1. The number of carbonyl (C=O) groups is 2. The lowest BCUT2D eigenvalue weighted by molar-refractivity contribution is -0.145. The van der Waals surface area contributed by atoms with Crippen LogP contribution in [0, 0.1) is 0 Å². The minimum absolute atomic E-state index is 0.247. The van der Waals surface area contributed by atoms with Crippen molar-refractivity contribution in [1.82, 2.24) is 5.32 Å². The van der Waals surface area contributed by atoms with Crippen molar-refractivity contribution in [1.29, 1.82) is 0 Å². The van der Waals surface area contributed by atoms with E-state index in [1.807, 2.05) is 24.3 Å². The van der Waals surface area contributed by atoms with E-state index in [-0.39, 0.29) is 30.7 Å². The molecule has 1 heterocycles. The highest BCUT2D eigenvalue weighted by molar-refractivity contribution is 9.10. The molecule has 0 saturated heterocycles. The van der Waals surface area contributed by atoms with Crippen LogP contribution in [0.2, 0.25) is 0 Å². The minimum Gasteiger partial charge on any atom is -0.461 e. The highest BCUT2D eigenvalue weighted by Gasteiger charge is 2.08. The summed E-state index contributed by atoms with van der Waals surface area (Å²) < 4.78 is 11.1. The Balaban J connectivity index is 1.61. The van der Waals surface area contributed by atoms with E-state index in [1.165, 1.54) is 6.26 Å². The number of benzene rings is 1. The van der Waals surface area contributed by atoms with Crippen molar-refractivity contribution in [2.24, 2.45) is 0 Å². The van der Waals surface area contributed by atoms with Crippen molar-refractivity contribution in [3.63, 3.8) is 0 Å². The molecule has 0 bridgehead atoms. The van der Waals surface area contributed by atoms with Gasteiger partial charge in [0, 0.05) is 17.4 Å². The predicted octanol–water partition coefficient (Wildman–Crippen LogP) is 3.30. The van der Waals surface area contributed by atoms with E-state index in [2.05, 4.69) is 21.2 Å². The fourth-order valence-corrected chi connectivity index (χ4v) is 2.24. The van der Waals surface area contributed by atoms with E-state index < -0.39 is 0 Å². The molecule has 0 atom stereocenters. The maximum atomic E-state index is 11.6. The zero-order chi connectivity index (χ0) is 15.8. The van der Waals surface area contributed by atoms with E-state index in [0.29, 0.717) is 13.0 Å². The van der Waals surface area contributed by atoms with Crippen molar-refractivity contribution in [3.05, 3.63) is 58.5 Å². The molecule has 2 aromatic rings. The average Bonchev–Trinajstić information content (AvgIpc) is 3.04. The Hall–Kier alpha value is -2.08. The van der Waals surface area contributed by atoms with Crippen molar-refractivity contribution >= 4 is 27.8 Å². The molecule has 0 aliphatic carbocycles. The molecule has 0 saturated carbocycles. The van der Waals surface area contributed by atoms with E-state index in [1.54, 1.807) is 12.1 Å². The molecule has 0 radical (unpaired) electrons. The first-order valence-electron chi connectivity index (χ1n) is 6.87. The highest BCUT2D eigenvalue weighted by Crippen LogP contribution is 2.12. The lowest BCUT2D eigenvalue weighted by atomic mass is 10.2. The largest absolute Gasteiger partial charge is 0.461 e. The van der Waals surface area contributed by atoms with Crippen LogP contribution in [0.15, 0.2) is 51.6 Å². The van der Waals surface area contributed by atoms with Gasteiger partial charge in [0.05, 0.1) is 6.26 Å². The van der Waals surface area contributed by atoms with Crippen LogP contribution in [0.4, 0.5) is 0 Å². The first-order valence-corrected chi connectivity index (χ1v) is 7.66. The van der Waals surface area contributed by atoms with Crippen LogP contribution in [0.1, 0.15) is 29.0 Å². The summed E-state index contributed by atoms with van der Waals surface area (Å²) >= 11 is 3.36. The summed E-state index contributed by atoms with van der Waals surface area (Å²) in [6, 6.07) is 10.8. The van der Waals surface area contributed by atoms with Gasteiger partial charge in [-0.25, -0.2) is 0 Å². The molecular formula is C16H16BrNO4. The van der Waals surface area contributed by atoms with E-state index in [4.69, 9.17) is 9.15 Å². The third-order valence-corrected chi connectivity index (χ3v) is 3.37. The maximum Gasteiger partial charge on any atom is 0.306 e. The number of ether oxygens (including phenoxy) is 1. The molecule has 1 N–H and O–H groups in total. The smallest absolute Gasteiger partial charge is 0.306 e. The van der Waals surface area contributed by atoms with E-state index in [0.717, 1.165) is 10.0 Å². The molecule has 6 heteroatoms. The molecule has 0 aliphatic heterocycles. The fourth-order valence-electron chi connectivity index (χ4n) is 1.79. The number of amides is 1. The molecule has 2 rings (SSSR count). The van der Waals surface area contributed by atoms with Crippen LogP contribution in [0.5, 0.6) is 0 Å². The normalized spacial score (nSPS) is 10.2. The molecule has 22 heavy (non-hydrogen) atoms. The third-order valence-electron chi connectivity index (χ3n) is 2.88. The van der Waals surface area contributed by atoms with Gasteiger partial charge in [0.25, 0.3) is 5.91 Å². The van der Waals surface area contributed by atoms with E-state index >= 15 is 0 Å². The molecule has 1 amide bonds. The lowest BCUT2D eigenvalue weighted by Crippen LogP contribution is -2.24. The molecule has 1 aromatic heterocycles. The number of carbonyl (C=O) groups excluding carboxylic acids is 2. The van der Waals surface area contributed by atoms with Crippen LogP contribution in [0.3, 0.4) is 0 Å². The summed E-state index contributed by atoms with van der Waals surface area (Å²) in [5, 5.41) is 2.68. The SMILES string of the molecule is O=C(CCCNC(=O)c1ccco1)OCc1cccc(Br)c1. The molecule has 0 aliphatic rings. The second-order valence-electron chi connectivity index (χ2n) is 4.63. The van der Waals surface area contributed by atoms with Crippen LogP contribution in [0.25, 0.3) is 0 Å². The van der Waals surface area contributed by atoms with Gasteiger partial charge >= 0.3 is 5.97 Å². The topological polar surface area (TPSA) is 68.5 Å². The van der Waals surface area contributed by atoms with Gasteiger partial charge in [-0.1, -0.05) is 28.1 Å². The Morgan fingerprint density at radius 2 is 2.09 bits per heavy atom. The Morgan fingerprint density at radius 3 is 2.82 bits per heavy atom. The number of hydrogen-bond donors (Lipinski definition) is 1. The number of furan rings is 1. The second kappa shape index (κ2) is 8.38. The Morgan fingerprint density at radius 1 is 1.23 bits per heavy atom. The highest BCUT2D eigenvalue weighted by atomic mass is 79.9. The minimum atomic E-state index is -0.285. The van der Waals surface area contributed by atoms with Gasteiger partial charge in [0.1, 0.15) is 6.61 Å². The molecule has 5 nitrogen and oxygen atoms in total. The molecule has 116 valence electrons. The molecule has 0 spiro atoms. The van der Waals surface area contributed by atoms with Crippen molar-refractivity contribution in [2.75, 3.05) is 6.54 Å². The first kappa shape index (κ1) is 16.3. The fraction of sp³-hybridized carbons (Fsp3) is 0.250. The number of nitrogens with one attached hydrogen (secondary N) is 1. The summed E-state index contributed by atoms with van der Waals surface area (Å²) in [5.41, 5.74) is 0.925. The Bertz CT molecular complexity index is 625. The van der Waals surface area contributed by atoms with Gasteiger partial charge in [0.15, 0.2) is 5.76 Å². The number of esters is 1. The zero-order valence-electron chi connectivity index (χ0n) is 11.9. The van der Waals surface area contributed by atoms with Crippen molar-refractivity contribution in [2.45, 2.75) is 19.4 Å². The van der Waals surface area contributed by atoms with Crippen molar-refractivity contribution in [3.8, 4) is 0 Å². The summed E-state index contributed by atoms with van der Waals surface area (Å²) in [7, 11) is 0. The lowest BCUT2D eigenvalue weighted by Gasteiger charge is -2.06. The summed E-state index contributed by atoms with van der Waals surface area (Å²) in [4.78, 5) is 23.2. The van der Waals surface area contributed by atoms with Gasteiger partial charge < -0.3 is 14.5 Å². The van der Waals surface area contributed by atoms with Crippen LogP contribution in [-0.2, 0) is 16.1 Å². The van der Waals surface area contributed by atoms with Crippen molar-refractivity contribution < 1.29 is 18.7 Å². The zero-order valence-corrected chi connectivity index (χ0v) is 13.5.